The van der Waals surface area contributed by atoms with E-state index in [2.05, 4.69) is 0 Å². The third-order valence-electron chi connectivity index (χ3n) is 3.64. The van der Waals surface area contributed by atoms with E-state index in [4.69, 9.17) is 0 Å². The van der Waals surface area contributed by atoms with Crippen molar-refractivity contribution < 1.29 is 29.5 Å². The van der Waals surface area contributed by atoms with E-state index >= 15 is 0 Å². The molecule has 9 nitrogen and oxygen atoms in total. The number of amides is 1. The summed E-state index contributed by atoms with van der Waals surface area (Å²) in [6.07, 6.45) is -0.504. The monoisotopic (exact) mass is 333 g/mol. The number of ketones is 1. The molecule has 0 fully saturated rings. The maximum atomic E-state index is 12.2. The number of carboxylic acids is 1. The Morgan fingerprint density at radius 3 is 2.58 bits per heavy atom. The van der Waals surface area contributed by atoms with Crippen LogP contribution in [0.25, 0.3) is 0 Å². The molecule has 0 aliphatic carbocycles. The van der Waals surface area contributed by atoms with Gasteiger partial charge in [0, 0.05) is 31.1 Å². The molecule has 0 aromatic heterocycles. The Bertz CT molecular complexity index is 769. The number of nitro benzene ring substituents is 1. The maximum Gasteiger partial charge on any atom is 0.290 e. The van der Waals surface area contributed by atoms with E-state index < -0.39 is 40.8 Å². The number of carbonyl (C=O) groups is 3. The molecule has 0 saturated carbocycles. The molecule has 0 bridgehead atoms. The average molecular weight is 333 g/mol. The maximum absolute atomic E-state index is 12.2. The molecule has 1 heterocycles. The van der Waals surface area contributed by atoms with Crippen LogP contribution in [0.3, 0.4) is 0 Å². The normalized spacial score (nSPS) is 17.3. The van der Waals surface area contributed by atoms with E-state index in [0.29, 0.717) is 0 Å². The van der Waals surface area contributed by atoms with Gasteiger partial charge in [0.1, 0.15) is 0 Å². The van der Waals surface area contributed by atoms with Gasteiger partial charge < -0.3 is 19.9 Å². The first-order valence-electron chi connectivity index (χ1n) is 6.93. The summed E-state index contributed by atoms with van der Waals surface area (Å²) in [6, 6.07) is 4.16. The molecular formula is C15H13N2O7-. The van der Waals surface area contributed by atoms with Crippen molar-refractivity contribution in [1.29, 1.82) is 0 Å². The number of benzene rings is 1. The third-order valence-corrected chi connectivity index (χ3v) is 3.64. The molecule has 9 heteroatoms. The van der Waals surface area contributed by atoms with Gasteiger partial charge >= 0.3 is 0 Å². The molecule has 126 valence electrons. The molecular weight excluding hydrogens is 320 g/mol. The molecule has 1 aliphatic rings. The fourth-order valence-electron chi connectivity index (χ4n) is 2.61. The van der Waals surface area contributed by atoms with Gasteiger partial charge in [-0.3, -0.25) is 19.7 Å². The lowest BCUT2D eigenvalue weighted by Gasteiger charge is -2.26. The molecule has 0 radical (unpaired) electrons. The van der Waals surface area contributed by atoms with E-state index in [1.54, 1.807) is 0 Å². The number of non-ortho nitro benzene ring substituents is 1. The number of nitrogens with zero attached hydrogens (tertiary/aromatic N) is 2. The number of hydrogen-bond donors (Lipinski definition) is 1. The van der Waals surface area contributed by atoms with Gasteiger partial charge in [-0.1, -0.05) is 12.1 Å². The van der Waals surface area contributed by atoms with Gasteiger partial charge in [0.2, 0.25) is 0 Å². The summed E-state index contributed by atoms with van der Waals surface area (Å²) >= 11 is 0. The molecule has 1 atom stereocenters. The number of nitro groups is 1. The highest BCUT2D eigenvalue weighted by Gasteiger charge is 2.42. The predicted molar refractivity (Wildman–Crippen MR) is 77.5 cm³/mol. The molecule has 0 unspecified atom stereocenters. The van der Waals surface area contributed by atoms with Crippen LogP contribution < -0.4 is 5.11 Å². The standard InChI is InChI=1S/C15H14N2O7/c1-8(18)12-13(9-3-2-4-10(7-9)17(23)24)16(6-5-11(19)20)15(22)14(12)21/h2-4,7,13,21H,5-6H2,1H3,(H,19,20)/p-1/t13-/m1/s1. The van der Waals surface area contributed by atoms with Crippen LogP contribution in [0.2, 0.25) is 0 Å². The second kappa shape index (κ2) is 6.49. The predicted octanol–water partition coefficient (Wildman–Crippen LogP) is 0.0192. The summed E-state index contributed by atoms with van der Waals surface area (Å²) in [4.78, 5) is 45.9. The zero-order chi connectivity index (χ0) is 18.0. The third kappa shape index (κ3) is 3.09. The van der Waals surface area contributed by atoms with Crippen molar-refractivity contribution in [2.24, 2.45) is 0 Å². The topological polar surface area (TPSA) is 141 Å². The SMILES string of the molecule is CC(=O)C1=C(O)C(=O)N(CCC(=O)[O-])[C@@H]1c1cccc([N+](=O)[O-])c1. The molecule has 0 saturated heterocycles. The Morgan fingerprint density at radius 1 is 1.38 bits per heavy atom. The lowest BCUT2D eigenvalue weighted by Crippen LogP contribution is -2.35. The molecule has 2 rings (SSSR count). The summed E-state index contributed by atoms with van der Waals surface area (Å²) in [5.41, 5.74) is -0.252. The highest BCUT2D eigenvalue weighted by molar-refractivity contribution is 6.08. The average Bonchev–Trinajstić information content (AvgIpc) is 2.77. The molecule has 1 amide bonds. The van der Waals surface area contributed by atoms with Crippen LogP contribution >= 0.6 is 0 Å². The van der Waals surface area contributed by atoms with E-state index in [9.17, 15) is 34.7 Å². The van der Waals surface area contributed by atoms with Gasteiger partial charge in [0.15, 0.2) is 11.5 Å². The Balaban J connectivity index is 2.52. The van der Waals surface area contributed by atoms with Gasteiger partial charge in [-0.05, 0) is 12.5 Å². The number of aliphatic carboxylic acids is 1. The summed E-state index contributed by atoms with van der Waals surface area (Å²) in [7, 11) is 0. The molecule has 0 spiro atoms. The first-order valence-corrected chi connectivity index (χ1v) is 6.93. The first-order chi connectivity index (χ1) is 11.2. The summed E-state index contributed by atoms with van der Waals surface area (Å²) in [5, 5.41) is 31.5. The van der Waals surface area contributed by atoms with E-state index in [-0.39, 0.29) is 23.4 Å². The number of hydrogen-bond acceptors (Lipinski definition) is 7. The van der Waals surface area contributed by atoms with Gasteiger partial charge in [-0.25, -0.2) is 0 Å². The Morgan fingerprint density at radius 2 is 2.04 bits per heavy atom. The number of aliphatic hydroxyl groups is 1. The van der Waals surface area contributed by atoms with Crippen molar-refractivity contribution in [3.8, 4) is 0 Å². The Kier molecular flexibility index (Phi) is 4.63. The highest BCUT2D eigenvalue weighted by Crippen LogP contribution is 2.38. The number of carboxylic acid groups (broad SMARTS) is 1. The van der Waals surface area contributed by atoms with Gasteiger partial charge in [0.05, 0.1) is 16.5 Å². The summed E-state index contributed by atoms with van der Waals surface area (Å²) in [5.74, 6) is -3.68. The van der Waals surface area contributed by atoms with Crippen LogP contribution in [-0.2, 0) is 14.4 Å². The summed E-state index contributed by atoms with van der Waals surface area (Å²) in [6.45, 7) is 0.834. The molecule has 1 aromatic rings. The Labute approximate surface area is 136 Å². The minimum atomic E-state index is -1.41. The number of Topliss-reactive ketones (excluding diaryl/α,β-unsaturated/α-hetero) is 1. The van der Waals surface area contributed by atoms with Crippen molar-refractivity contribution in [2.45, 2.75) is 19.4 Å². The highest BCUT2D eigenvalue weighted by atomic mass is 16.6. The van der Waals surface area contributed by atoms with Crippen LogP contribution in [0, 0.1) is 10.1 Å². The van der Waals surface area contributed by atoms with Crippen LogP contribution in [0.1, 0.15) is 24.9 Å². The van der Waals surface area contributed by atoms with E-state index in [0.717, 1.165) is 11.8 Å². The zero-order valence-electron chi connectivity index (χ0n) is 12.6. The fraction of sp³-hybridized carbons (Fsp3) is 0.267. The second-order valence-electron chi connectivity index (χ2n) is 5.19. The van der Waals surface area contributed by atoms with Gasteiger partial charge in [-0.2, -0.15) is 0 Å². The second-order valence-corrected chi connectivity index (χ2v) is 5.19. The minimum Gasteiger partial charge on any atom is -0.550 e. The number of rotatable bonds is 6. The van der Waals surface area contributed by atoms with E-state index in [1.807, 2.05) is 0 Å². The van der Waals surface area contributed by atoms with Crippen LogP contribution in [-0.4, -0.2) is 39.1 Å². The van der Waals surface area contributed by atoms with Crippen molar-refractivity contribution in [2.75, 3.05) is 6.54 Å². The van der Waals surface area contributed by atoms with Gasteiger partial charge in [-0.15, -0.1) is 0 Å². The number of aliphatic hydroxyl groups excluding tert-OH is 1. The van der Waals surface area contributed by atoms with Crippen molar-refractivity contribution in [3.05, 3.63) is 51.3 Å². The van der Waals surface area contributed by atoms with Crippen molar-refractivity contribution >= 4 is 23.3 Å². The first kappa shape index (κ1) is 17.1. The van der Waals surface area contributed by atoms with Crippen LogP contribution in [0.15, 0.2) is 35.6 Å². The molecule has 1 N–H and O–H groups in total. The van der Waals surface area contributed by atoms with Crippen molar-refractivity contribution in [1.82, 2.24) is 4.90 Å². The molecule has 24 heavy (non-hydrogen) atoms. The number of carbonyl (C=O) groups excluding carboxylic acids is 3. The smallest absolute Gasteiger partial charge is 0.290 e. The minimum absolute atomic E-state index is 0.223. The lowest BCUT2D eigenvalue weighted by molar-refractivity contribution is -0.384. The van der Waals surface area contributed by atoms with Crippen LogP contribution in [0.4, 0.5) is 5.69 Å². The fourth-order valence-corrected chi connectivity index (χ4v) is 2.61. The lowest BCUT2D eigenvalue weighted by atomic mass is 9.96. The summed E-state index contributed by atoms with van der Waals surface area (Å²) < 4.78 is 0. The quantitative estimate of drug-likeness (QED) is 0.571. The van der Waals surface area contributed by atoms with E-state index in [1.165, 1.54) is 24.3 Å². The molecule has 1 aliphatic heterocycles. The largest absolute Gasteiger partial charge is 0.550 e. The Hall–Kier alpha value is -3.23. The zero-order valence-corrected chi connectivity index (χ0v) is 12.6. The van der Waals surface area contributed by atoms with Crippen LogP contribution in [0.5, 0.6) is 0 Å². The van der Waals surface area contributed by atoms with Gasteiger partial charge in [0.25, 0.3) is 11.6 Å². The molecule has 1 aromatic carbocycles. The van der Waals surface area contributed by atoms with Crippen molar-refractivity contribution in [3.63, 3.8) is 0 Å².